The molecule has 0 bridgehead atoms. The molecule has 1 atom stereocenters. The van der Waals surface area contributed by atoms with Crippen molar-refractivity contribution in [3.05, 3.63) is 23.0 Å². The first-order chi connectivity index (χ1) is 7.34. The summed E-state index contributed by atoms with van der Waals surface area (Å²) >= 11 is 1.67. The van der Waals surface area contributed by atoms with E-state index in [9.17, 15) is 0 Å². The number of fused-ring (bicyclic) bond motifs is 1. The molecule has 2 heterocycles. The zero-order valence-corrected chi connectivity index (χ0v) is 9.05. The van der Waals surface area contributed by atoms with Crippen molar-refractivity contribution in [1.29, 1.82) is 0 Å². The van der Waals surface area contributed by atoms with Crippen molar-refractivity contribution in [3.63, 3.8) is 0 Å². The summed E-state index contributed by atoms with van der Waals surface area (Å²) in [4.78, 5) is 13.1. The third-order valence-corrected chi connectivity index (χ3v) is 3.93. The van der Waals surface area contributed by atoms with Crippen molar-refractivity contribution >= 4 is 11.3 Å². The van der Waals surface area contributed by atoms with Gasteiger partial charge in [-0.15, -0.1) is 11.3 Å². The van der Waals surface area contributed by atoms with Crippen LogP contribution in [0.4, 0.5) is 0 Å². The summed E-state index contributed by atoms with van der Waals surface area (Å²) < 4.78 is 0. The van der Waals surface area contributed by atoms with Crippen molar-refractivity contribution < 1.29 is 0 Å². The second kappa shape index (κ2) is 3.43. The molecular formula is C10H12N4S. The maximum Gasteiger partial charge on any atom is 0.166 e. The number of imidazole rings is 1. The highest BCUT2D eigenvalue weighted by Gasteiger charge is 2.22. The standard InChI is InChI=1S/C10H12N4S/c11-6-2-1-3-7-8(6)15-10(14-7)9-12-4-5-13-9/h4-6H,1-3,11H2,(H,12,13). The molecule has 0 fully saturated rings. The lowest BCUT2D eigenvalue weighted by molar-refractivity contribution is 0.573. The molecule has 0 saturated heterocycles. The maximum atomic E-state index is 6.05. The number of aromatic amines is 1. The Balaban J connectivity index is 2.06. The summed E-state index contributed by atoms with van der Waals surface area (Å²) in [5.74, 6) is 0.849. The van der Waals surface area contributed by atoms with Crippen molar-refractivity contribution in [1.82, 2.24) is 15.0 Å². The summed E-state index contributed by atoms with van der Waals surface area (Å²) in [5, 5.41) is 0.961. The van der Waals surface area contributed by atoms with Crippen LogP contribution < -0.4 is 5.73 Å². The SMILES string of the molecule is NC1CCCc2nc(-c3ncc[nH]3)sc21. The van der Waals surface area contributed by atoms with Gasteiger partial charge in [0, 0.05) is 23.3 Å². The van der Waals surface area contributed by atoms with E-state index in [1.165, 1.54) is 10.6 Å². The van der Waals surface area contributed by atoms with Gasteiger partial charge in [-0.05, 0) is 19.3 Å². The van der Waals surface area contributed by atoms with Crippen LogP contribution in [-0.2, 0) is 6.42 Å². The van der Waals surface area contributed by atoms with Gasteiger partial charge in [0.2, 0.25) is 0 Å². The molecule has 3 N–H and O–H groups in total. The lowest BCUT2D eigenvalue weighted by Gasteiger charge is -2.15. The van der Waals surface area contributed by atoms with Gasteiger partial charge in [-0.1, -0.05) is 0 Å². The Labute approximate surface area is 91.6 Å². The molecule has 15 heavy (non-hydrogen) atoms. The average molecular weight is 220 g/mol. The van der Waals surface area contributed by atoms with E-state index >= 15 is 0 Å². The van der Waals surface area contributed by atoms with E-state index < -0.39 is 0 Å². The number of thiazole rings is 1. The van der Waals surface area contributed by atoms with Gasteiger partial charge in [0.1, 0.15) is 0 Å². The molecule has 4 nitrogen and oxygen atoms in total. The third-order valence-electron chi connectivity index (χ3n) is 2.69. The average Bonchev–Trinajstić information content (AvgIpc) is 2.86. The Morgan fingerprint density at radius 2 is 2.47 bits per heavy atom. The molecule has 78 valence electrons. The molecule has 0 radical (unpaired) electrons. The lowest BCUT2D eigenvalue weighted by Crippen LogP contribution is -2.15. The summed E-state index contributed by atoms with van der Waals surface area (Å²) in [6.07, 6.45) is 6.84. The first-order valence-corrected chi connectivity index (χ1v) is 5.91. The fraction of sp³-hybridized carbons (Fsp3) is 0.400. The van der Waals surface area contributed by atoms with Crippen molar-refractivity contribution in [2.45, 2.75) is 25.3 Å². The number of rotatable bonds is 1. The Morgan fingerprint density at radius 1 is 1.53 bits per heavy atom. The number of aromatic nitrogens is 3. The van der Waals surface area contributed by atoms with Crippen LogP contribution in [0.1, 0.15) is 29.5 Å². The molecule has 1 unspecified atom stereocenters. The third kappa shape index (κ3) is 1.48. The molecule has 3 rings (SSSR count). The van der Waals surface area contributed by atoms with Crippen LogP contribution in [0, 0.1) is 0 Å². The summed E-state index contributed by atoms with van der Waals surface area (Å²) in [7, 11) is 0. The normalized spacial score (nSPS) is 20.2. The highest BCUT2D eigenvalue weighted by Crippen LogP contribution is 2.35. The highest BCUT2D eigenvalue weighted by atomic mass is 32.1. The Hall–Kier alpha value is -1.20. The van der Waals surface area contributed by atoms with E-state index in [1.807, 2.05) is 6.20 Å². The molecule has 0 aliphatic heterocycles. The summed E-state index contributed by atoms with van der Waals surface area (Å²) in [6.45, 7) is 0. The van der Waals surface area contributed by atoms with E-state index in [0.717, 1.165) is 30.1 Å². The van der Waals surface area contributed by atoms with Crippen LogP contribution in [0.2, 0.25) is 0 Å². The minimum absolute atomic E-state index is 0.176. The number of aryl methyl sites for hydroxylation is 1. The van der Waals surface area contributed by atoms with Crippen LogP contribution >= 0.6 is 11.3 Å². The Bertz CT molecular complexity index is 460. The molecule has 0 spiro atoms. The van der Waals surface area contributed by atoms with Crippen LogP contribution in [0.5, 0.6) is 0 Å². The van der Waals surface area contributed by atoms with Crippen LogP contribution in [0.15, 0.2) is 12.4 Å². The largest absolute Gasteiger partial charge is 0.343 e. The first kappa shape index (κ1) is 9.06. The maximum absolute atomic E-state index is 6.05. The predicted octanol–water partition coefficient (Wildman–Crippen LogP) is 1.87. The van der Waals surface area contributed by atoms with Gasteiger partial charge < -0.3 is 10.7 Å². The highest BCUT2D eigenvalue weighted by molar-refractivity contribution is 7.15. The number of nitrogens with two attached hydrogens (primary N) is 1. The van der Waals surface area contributed by atoms with Gasteiger partial charge in [-0.3, -0.25) is 0 Å². The zero-order valence-electron chi connectivity index (χ0n) is 8.23. The fourth-order valence-corrected chi connectivity index (χ4v) is 3.04. The van der Waals surface area contributed by atoms with Crippen LogP contribution in [-0.4, -0.2) is 15.0 Å². The lowest BCUT2D eigenvalue weighted by atomic mass is 9.99. The van der Waals surface area contributed by atoms with Crippen molar-refractivity contribution in [2.24, 2.45) is 5.73 Å². The number of nitrogens with zero attached hydrogens (tertiary/aromatic N) is 2. The number of hydrogen-bond donors (Lipinski definition) is 2. The first-order valence-electron chi connectivity index (χ1n) is 5.09. The fourth-order valence-electron chi connectivity index (χ4n) is 1.94. The van der Waals surface area contributed by atoms with E-state index in [-0.39, 0.29) is 6.04 Å². The second-order valence-corrected chi connectivity index (χ2v) is 4.80. The predicted molar refractivity (Wildman–Crippen MR) is 59.6 cm³/mol. The monoisotopic (exact) mass is 220 g/mol. The Kier molecular flexibility index (Phi) is 2.07. The van der Waals surface area contributed by atoms with Gasteiger partial charge >= 0.3 is 0 Å². The molecular weight excluding hydrogens is 208 g/mol. The van der Waals surface area contributed by atoms with Crippen molar-refractivity contribution in [3.8, 4) is 10.8 Å². The number of H-pyrrole nitrogens is 1. The quantitative estimate of drug-likeness (QED) is 0.771. The molecule has 0 saturated carbocycles. The molecule has 0 amide bonds. The number of nitrogens with one attached hydrogen (secondary N) is 1. The molecule has 1 aliphatic rings. The summed E-state index contributed by atoms with van der Waals surface area (Å²) in [6, 6.07) is 0.176. The van der Waals surface area contributed by atoms with Crippen LogP contribution in [0.25, 0.3) is 10.8 Å². The van der Waals surface area contributed by atoms with Gasteiger partial charge in [0.15, 0.2) is 10.8 Å². The van der Waals surface area contributed by atoms with Gasteiger partial charge in [0.05, 0.1) is 5.69 Å². The zero-order chi connectivity index (χ0) is 10.3. The topological polar surface area (TPSA) is 67.6 Å². The van der Waals surface area contributed by atoms with Gasteiger partial charge in [0.25, 0.3) is 0 Å². The van der Waals surface area contributed by atoms with E-state index in [2.05, 4.69) is 15.0 Å². The van der Waals surface area contributed by atoms with E-state index in [0.29, 0.717) is 0 Å². The summed E-state index contributed by atoms with van der Waals surface area (Å²) in [5.41, 5.74) is 7.22. The van der Waals surface area contributed by atoms with E-state index in [4.69, 9.17) is 5.73 Å². The van der Waals surface area contributed by atoms with E-state index in [1.54, 1.807) is 17.5 Å². The Morgan fingerprint density at radius 3 is 3.20 bits per heavy atom. The molecule has 1 aliphatic carbocycles. The minimum Gasteiger partial charge on any atom is -0.343 e. The molecule has 2 aromatic heterocycles. The molecule has 5 heteroatoms. The molecule has 2 aromatic rings. The number of hydrogen-bond acceptors (Lipinski definition) is 4. The second-order valence-electron chi connectivity index (χ2n) is 3.77. The minimum atomic E-state index is 0.176. The van der Waals surface area contributed by atoms with Crippen LogP contribution in [0.3, 0.4) is 0 Å². The van der Waals surface area contributed by atoms with Gasteiger partial charge in [-0.2, -0.15) is 0 Å². The molecule has 0 aromatic carbocycles. The van der Waals surface area contributed by atoms with Crippen molar-refractivity contribution in [2.75, 3.05) is 0 Å². The van der Waals surface area contributed by atoms with Gasteiger partial charge in [-0.25, -0.2) is 9.97 Å². The smallest absolute Gasteiger partial charge is 0.166 e.